The van der Waals surface area contributed by atoms with E-state index in [1.807, 2.05) is 12.3 Å². The lowest BCUT2D eigenvalue weighted by Crippen LogP contribution is -2.35. The maximum Gasteiger partial charge on any atom is 0.0589 e. The number of rotatable bonds is 4. The van der Waals surface area contributed by atoms with Gasteiger partial charge >= 0.3 is 0 Å². The molecule has 3 nitrogen and oxygen atoms in total. The van der Waals surface area contributed by atoms with Crippen LogP contribution >= 0.6 is 0 Å². The van der Waals surface area contributed by atoms with E-state index in [2.05, 4.69) is 22.0 Å². The number of nitrogens with zero attached hydrogens (tertiary/aromatic N) is 2. The standard InChI is InChI=1S/C13H20N2O/c1-16-11-10-15-8-5-12(6-9-15)13-4-2-3-7-14-13/h2-4,7,12H,5-6,8-11H2,1H3. The number of methoxy groups -OCH3 is 1. The second-order valence-electron chi connectivity index (χ2n) is 4.36. The van der Waals surface area contributed by atoms with Crippen LogP contribution in [0.15, 0.2) is 24.4 Å². The van der Waals surface area contributed by atoms with Crippen molar-refractivity contribution < 1.29 is 4.74 Å². The number of piperidine rings is 1. The highest BCUT2D eigenvalue weighted by molar-refractivity contribution is 5.10. The zero-order valence-corrected chi connectivity index (χ0v) is 9.93. The second kappa shape index (κ2) is 5.97. The zero-order valence-electron chi connectivity index (χ0n) is 9.93. The summed E-state index contributed by atoms with van der Waals surface area (Å²) in [6, 6.07) is 6.21. The molecule has 3 heteroatoms. The molecule has 0 atom stereocenters. The van der Waals surface area contributed by atoms with Crippen LogP contribution in [0.3, 0.4) is 0 Å². The SMILES string of the molecule is COCCN1CCC(c2ccccn2)CC1. The summed E-state index contributed by atoms with van der Waals surface area (Å²) in [7, 11) is 1.76. The van der Waals surface area contributed by atoms with E-state index in [0.717, 1.165) is 13.2 Å². The van der Waals surface area contributed by atoms with E-state index in [0.29, 0.717) is 5.92 Å². The van der Waals surface area contributed by atoms with Crippen molar-refractivity contribution in [2.24, 2.45) is 0 Å². The van der Waals surface area contributed by atoms with Crippen molar-refractivity contribution in [2.75, 3.05) is 33.4 Å². The zero-order chi connectivity index (χ0) is 11.2. The Kier molecular flexibility index (Phi) is 4.31. The van der Waals surface area contributed by atoms with E-state index >= 15 is 0 Å². The summed E-state index contributed by atoms with van der Waals surface area (Å²) in [5, 5.41) is 0. The molecule has 1 aliphatic heterocycles. The molecule has 2 rings (SSSR count). The summed E-state index contributed by atoms with van der Waals surface area (Å²) >= 11 is 0. The third-order valence-electron chi connectivity index (χ3n) is 3.31. The summed E-state index contributed by atoms with van der Waals surface area (Å²) < 4.78 is 5.10. The van der Waals surface area contributed by atoms with Gasteiger partial charge < -0.3 is 9.64 Å². The first-order valence-corrected chi connectivity index (χ1v) is 6.02. The largest absolute Gasteiger partial charge is 0.383 e. The van der Waals surface area contributed by atoms with Crippen molar-refractivity contribution >= 4 is 0 Å². The van der Waals surface area contributed by atoms with E-state index in [1.165, 1.54) is 31.6 Å². The molecule has 0 saturated carbocycles. The lowest BCUT2D eigenvalue weighted by molar-refractivity contribution is 0.130. The number of pyridine rings is 1. The lowest BCUT2D eigenvalue weighted by Gasteiger charge is -2.31. The number of hydrogen-bond donors (Lipinski definition) is 0. The van der Waals surface area contributed by atoms with Crippen LogP contribution in [0.25, 0.3) is 0 Å². The first kappa shape index (κ1) is 11.6. The van der Waals surface area contributed by atoms with Crippen LogP contribution in [0, 0.1) is 0 Å². The smallest absolute Gasteiger partial charge is 0.0589 e. The molecule has 1 fully saturated rings. The van der Waals surface area contributed by atoms with Gasteiger partial charge in [-0.25, -0.2) is 0 Å². The minimum absolute atomic E-state index is 0.653. The summed E-state index contributed by atoms with van der Waals surface area (Å²) in [6.07, 6.45) is 4.34. The van der Waals surface area contributed by atoms with Gasteiger partial charge in [-0.2, -0.15) is 0 Å². The fourth-order valence-electron chi connectivity index (χ4n) is 2.29. The summed E-state index contributed by atoms with van der Waals surface area (Å²) in [6.45, 7) is 4.24. The van der Waals surface area contributed by atoms with E-state index in [1.54, 1.807) is 7.11 Å². The van der Waals surface area contributed by atoms with Gasteiger partial charge in [0.2, 0.25) is 0 Å². The molecule has 0 amide bonds. The number of aromatic nitrogens is 1. The topological polar surface area (TPSA) is 25.4 Å². The molecule has 16 heavy (non-hydrogen) atoms. The van der Waals surface area contributed by atoms with Crippen LogP contribution in [0.2, 0.25) is 0 Å². The fraction of sp³-hybridized carbons (Fsp3) is 0.615. The highest BCUT2D eigenvalue weighted by atomic mass is 16.5. The molecule has 0 unspecified atom stereocenters. The second-order valence-corrected chi connectivity index (χ2v) is 4.36. The highest BCUT2D eigenvalue weighted by Crippen LogP contribution is 2.25. The molecular weight excluding hydrogens is 200 g/mol. The molecule has 0 radical (unpaired) electrons. The van der Waals surface area contributed by atoms with Gasteiger partial charge in [-0.3, -0.25) is 4.98 Å². The number of ether oxygens (including phenoxy) is 1. The number of hydrogen-bond acceptors (Lipinski definition) is 3. The Morgan fingerprint density at radius 2 is 2.19 bits per heavy atom. The van der Waals surface area contributed by atoms with Gasteiger partial charge in [0.05, 0.1) is 6.61 Å². The van der Waals surface area contributed by atoms with Crippen LogP contribution in [-0.2, 0) is 4.74 Å². The molecule has 1 aromatic rings. The summed E-state index contributed by atoms with van der Waals surface area (Å²) in [4.78, 5) is 6.92. The van der Waals surface area contributed by atoms with Crippen LogP contribution in [0.1, 0.15) is 24.5 Å². The molecule has 1 saturated heterocycles. The molecule has 0 aromatic carbocycles. The van der Waals surface area contributed by atoms with Crippen LogP contribution in [0.5, 0.6) is 0 Å². The van der Waals surface area contributed by atoms with Crippen LogP contribution in [0.4, 0.5) is 0 Å². The van der Waals surface area contributed by atoms with Gasteiger partial charge in [-0.15, -0.1) is 0 Å². The highest BCUT2D eigenvalue weighted by Gasteiger charge is 2.20. The fourth-order valence-corrected chi connectivity index (χ4v) is 2.29. The molecule has 2 heterocycles. The third kappa shape index (κ3) is 3.03. The predicted molar refractivity (Wildman–Crippen MR) is 64.5 cm³/mol. The van der Waals surface area contributed by atoms with Gasteiger partial charge in [-0.1, -0.05) is 6.07 Å². The lowest BCUT2D eigenvalue weighted by atomic mass is 9.93. The first-order chi connectivity index (χ1) is 7.90. The van der Waals surface area contributed by atoms with Crippen molar-refractivity contribution in [3.63, 3.8) is 0 Å². The monoisotopic (exact) mass is 220 g/mol. The van der Waals surface area contributed by atoms with Crippen molar-refractivity contribution in [3.05, 3.63) is 30.1 Å². The molecule has 0 N–H and O–H groups in total. The molecule has 0 spiro atoms. The minimum Gasteiger partial charge on any atom is -0.383 e. The van der Waals surface area contributed by atoms with Gasteiger partial charge in [-0.05, 0) is 38.1 Å². The Morgan fingerprint density at radius 1 is 1.38 bits per heavy atom. The van der Waals surface area contributed by atoms with Crippen LogP contribution < -0.4 is 0 Å². The van der Waals surface area contributed by atoms with Crippen molar-refractivity contribution in [2.45, 2.75) is 18.8 Å². The van der Waals surface area contributed by atoms with E-state index < -0.39 is 0 Å². The van der Waals surface area contributed by atoms with Gasteiger partial charge in [0.25, 0.3) is 0 Å². The summed E-state index contributed by atoms with van der Waals surface area (Å²) in [5.41, 5.74) is 1.26. The normalized spacial score (nSPS) is 18.8. The molecule has 1 aliphatic rings. The van der Waals surface area contributed by atoms with Crippen molar-refractivity contribution in [1.82, 2.24) is 9.88 Å². The Balaban J connectivity index is 1.81. The quantitative estimate of drug-likeness (QED) is 0.775. The molecule has 0 aliphatic carbocycles. The molecule has 88 valence electrons. The maximum absolute atomic E-state index is 5.10. The number of likely N-dealkylation sites (tertiary alicyclic amines) is 1. The molecular formula is C13H20N2O. The first-order valence-electron chi connectivity index (χ1n) is 6.02. The third-order valence-corrected chi connectivity index (χ3v) is 3.31. The Hall–Kier alpha value is -0.930. The van der Waals surface area contributed by atoms with E-state index in [4.69, 9.17) is 4.74 Å². The van der Waals surface area contributed by atoms with Crippen LogP contribution in [-0.4, -0.2) is 43.2 Å². The van der Waals surface area contributed by atoms with Gasteiger partial charge in [0.15, 0.2) is 0 Å². The summed E-state index contributed by atoms with van der Waals surface area (Å²) in [5.74, 6) is 0.653. The predicted octanol–water partition coefficient (Wildman–Crippen LogP) is 1.91. The van der Waals surface area contributed by atoms with Gasteiger partial charge in [0, 0.05) is 31.5 Å². The molecule has 0 bridgehead atoms. The van der Waals surface area contributed by atoms with Gasteiger partial charge in [0.1, 0.15) is 0 Å². The van der Waals surface area contributed by atoms with E-state index in [-0.39, 0.29) is 0 Å². The Bertz CT molecular complexity index is 294. The Labute approximate surface area is 97.4 Å². The average molecular weight is 220 g/mol. The molecule has 1 aromatic heterocycles. The minimum atomic E-state index is 0.653. The van der Waals surface area contributed by atoms with Crippen molar-refractivity contribution in [3.8, 4) is 0 Å². The average Bonchev–Trinajstić information content (AvgIpc) is 2.38. The maximum atomic E-state index is 5.10. The Morgan fingerprint density at radius 3 is 2.81 bits per heavy atom. The van der Waals surface area contributed by atoms with E-state index in [9.17, 15) is 0 Å². The van der Waals surface area contributed by atoms with Crippen molar-refractivity contribution in [1.29, 1.82) is 0 Å².